The third-order valence-electron chi connectivity index (χ3n) is 4.50. The molecule has 0 bridgehead atoms. The van der Waals surface area contributed by atoms with Crippen LogP contribution in [-0.2, 0) is 11.3 Å². The largest absolute Gasteiger partial charge is 0.351 e. The van der Waals surface area contributed by atoms with Crippen molar-refractivity contribution < 1.29 is 9.18 Å². The van der Waals surface area contributed by atoms with Gasteiger partial charge in [0, 0.05) is 12.1 Å². The average molecular weight is 362 g/mol. The van der Waals surface area contributed by atoms with Gasteiger partial charge in [-0.05, 0) is 24.2 Å². The Labute approximate surface area is 159 Å². The maximum Gasteiger partial charge on any atom is 0.234 e. The summed E-state index contributed by atoms with van der Waals surface area (Å²) in [5.74, 6) is -0.449. The fourth-order valence-corrected chi connectivity index (χ4v) is 3.18. The molecule has 0 radical (unpaired) electrons. The SMILES string of the molecule is CN(CC(=O)NCc1ccccc1F)C(c1ccccc1)c1ccccc1. The normalized spacial score (nSPS) is 11.0. The van der Waals surface area contributed by atoms with Crippen molar-refractivity contribution in [3.8, 4) is 0 Å². The number of nitrogens with zero attached hydrogens (tertiary/aromatic N) is 1. The van der Waals surface area contributed by atoms with Crippen LogP contribution in [0.25, 0.3) is 0 Å². The molecule has 0 heterocycles. The molecule has 27 heavy (non-hydrogen) atoms. The van der Waals surface area contributed by atoms with Crippen LogP contribution in [0.5, 0.6) is 0 Å². The summed E-state index contributed by atoms with van der Waals surface area (Å²) in [7, 11) is 1.92. The van der Waals surface area contributed by atoms with Gasteiger partial charge in [0.15, 0.2) is 0 Å². The van der Waals surface area contributed by atoms with Crippen molar-refractivity contribution in [2.24, 2.45) is 0 Å². The highest BCUT2D eigenvalue weighted by Crippen LogP contribution is 2.27. The van der Waals surface area contributed by atoms with E-state index in [0.29, 0.717) is 5.56 Å². The molecule has 0 atom stereocenters. The zero-order valence-corrected chi connectivity index (χ0v) is 15.3. The van der Waals surface area contributed by atoms with Gasteiger partial charge in [0.05, 0.1) is 12.6 Å². The van der Waals surface area contributed by atoms with Gasteiger partial charge in [-0.15, -0.1) is 0 Å². The van der Waals surface area contributed by atoms with Gasteiger partial charge in [-0.25, -0.2) is 4.39 Å². The predicted octanol–water partition coefficient (Wildman–Crippen LogP) is 4.16. The third kappa shape index (κ3) is 5.02. The van der Waals surface area contributed by atoms with Crippen molar-refractivity contribution in [1.82, 2.24) is 10.2 Å². The summed E-state index contributed by atoms with van der Waals surface area (Å²) in [4.78, 5) is 14.4. The lowest BCUT2D eigenvalue weighted by Gasteiger charge is -2.28. The number of nitrogens with one attached hydrogen (secondary N) is 1. The van der Waals surface area contributed by atoms with Crippen molar-refractivity contribution >= 4 is 5.91 Å². The first-order chi connectivity index (χ1) is 13.1. The molecule has 0 aliphatic heterocycles. The van der Waals surface area contributed by atoms with E-state index in [9.17, 15) is 9.18 Å². The van der Waals surface area contributed by atoms with Crippen LogP contribution in [0.3, 0.4) is 0 Å². The van der Waals surface area contributed by atoms with E-state index in [2.05, 4.69) is 29.6 Å². The Morgan fingerprint density at radius 1 is 0.889 bits per heavy atom. The van der Waals surface area contributed by atoms with Gasteiger partial charge < -0.3 is 5.32 Å². The molecular formula is C23H23FN2O. The molecule has 0 spiro atoms. The quantitative estimate of drug-likeness (QED) is 0.684. The summed E-state index contributed by atoms with van der Waals surface area (Å²) < 4.78 is 13.7. The van der Waals surface area contributed by atoms with E-state index in [4.69, 9.17) is 0 Å². The molecule has 0 aliphatic carbocycles. The third-order valence-corrected chi connectivity index (χ3v) is 4.50. The fourth-order valence-electron chi connectivity index (χ4n) is 3.18. The van der Waals surface area contributed by atoms with Crippen LogP contribution >= 0.6 is 0 Å². The number of hydrogen-bond donors (Lipinski definition) is 1. The Morgan fingerprint density at radius 2 is 1.41 bits per heavy atom. The first-order valence-electron chi connectivity index (χ1n) is 8.95. The second-order valence-corrected chi connectivity index (χ2v) is 6.51. The minimum atomic E-state index is -0.308. The molecule has 0 aromatic heterocycles. The average Bonchev–Trinajstić information content (AvgIpc) is 2.69. The monoisotopic (exact) mass is 362 g/mol. The molecule has 3 aromatic rings. The van der Waals surface area contributed by atoms with Crippen molar-refractivity contribution in [1.29, 1.82) is 0 Å². The van der Waals surface area contributed by atoms with E-state index >= 15 is 0 Å². The number of benzene rings is 3. The molecule has 3 aromatic carbocycles. The standard InChI is InChI=1S/C23H23FN2O/c1-26(17-22(27)25-16-20-14-8-9-15-21(20)24)23(18-10-4-2-5-11-18)19-12-6-3-7-13-19/h2-15,23H,16-17H2,1H3,(H,25,27). The predicted molar refractivity (Wildman–Crippen MR) is 106 cm³/mol. The zero-order chi connectivity index (χ0) is 19.1. The number of likely N-dealkylation sites (N-methyl/N-ethyl adjacent to an activating group) is 1. The van der Waals surface area contributed by atoms with Crippen LogP contribution in [0.4, 0.5) is 4.39 Å². The maximum atomic E-state index is 13.7. The molecular weight excluding hydrogens is 339 g/mol. The molecule has 3 rings (SSSR count). The lowest BCUT2D eigenvalue weighted by atomic mass is 9.97. The molecule has 1 amide bonds. The van der Waals surface area contributed by atoms with E-state index in [0.717, 1.165) is 11.1 Å². The van der Waals surface area contributed by atoms with E-state index < -0.39 is 0 Å². The van der Waals surface area contributed by atoms with E-state index in [1.807, 2.05) is 48.3 Å². The van der Waals surface area contributed by atoms with Gasteiger partial charge >= 0.3 is 0 Å². The lowest BCUT2D eigenvalue weighted by molar-refractivity contribution is -0.122. The van der Waals surface area contributed by atoms with Crippen LogP contribution in [-0.4, -0.2) is 24.4 Å². The fraction of sp³-hybridized carbons (Fsp3) is 0.174. The number of carbonyl (C=O) groups excluding carboxylic acids is 1. The van der Waals surface area contributed by atoms with Crippen molar-refractivity contribution in [3.05, 3.63) is 107 Å². The molecule has 1 N–H and O–H groups in total. The summed E-state index contributed by atoms with van der Waals surface area (Å²) in [6.07, 6.45) is 0. The van der Waals surface area contributed by atoms with Gasteiger partial charge in [0.1, 0.15) is 5.82 Å². The highest BCUT2D eigenvalue weighted by molar-refractivity contribution is 5.78. The Balaban J connectivity index is 1.70. The zero-order valence-electron chi connectivity index (χ0n) is 15.3. The van der Waals surface area contributed by atoms with Crippen molar-refractivity contribution in [2.45, 2.75) is 12.6 Å². The maximum absolute atomic E-state index is 13.7. The summed E-state index contributed by atoms with van der Waals surface area (Å²) in [5, 5.41) is 2.81. The van der Waals surface area contributed by atoms with Crippen LogP contribution in [0.1, 0.15) is 22.7 Å². The second kappa shape index (κ2) is 9.10. The van der Waals surface area contributed by atoms with Gasteiger partial charge in [-0.2, -0.15) is 0 Å². The number of amides is 1. The Bertz CT molecular complexity index is 828. The number of hydrogen-bond acceptors (Lipinski definition) is 2. The van der Waals surface area contributed by atoms with Gasteiger partial charge in [0.2, 0.25) is 5.91 Å². The summed E-state index contributed by atoms with van der Waals surface area (Å²) in [6.45, 7) is 0.392. The molecule has 0 saturated heterocycles. The van der Waals surface area contributed by atoms with Crippen LogP contribution < -0.4 is 5.32 Å². The minimum absolute atomic E-state index is 0.0355. The summed E-state index contributed by atoms with van der Waals surface area (Å²) in [6, 6.07) is 26.6. The minimum Gasteiger partial charge on any atom is -0.351 e. The smallest absolute Gasteiger partial charge is 0.234 e. The molecule has 0 aliphatic rings. The molecule has 0 fully saturated rings. The van der Waals surface area contributed by atoms with Crippen LogP contribution in [0, 0.1) is 5.82 Å². The first-order valence-corrected chi connectivity index (χ1v) is 8.95. The van der Waals surface area contributed by atoms with Gasteiger partial charge in [-0.3, -0.25) is 9.69 Å². The Morgan fingerprint density at radius 3 is 1.96 bits per heavy atom. The van der Waals surface area contributed by atoms with Gasteiger partial charge in [0.25, 0.3) is 0 Å². The van der Waals surface area contributed by atoms with Crippen molar-refractivity contribution in [3.63, 3.8) is 0 Å². The van der Waals surface area contributed by atoms with Crippen molar-refractivity contribution in [2.75, 3.05) is 13.6 Å². The Kier molecular flexibility index (Phi) is 6.34. The highest BCUT2D eigenvalue weighted by atomic mass is 19.1. The molecule has 3 nitrogen and oxygen atoms in total. The summed E-state index contributed by atoms with van der Waals surface area (Å²) >= 11 is 0. The van der Waals surface area contributed by atoms with Crippen LogP contribution in [0.2, 0.25) is 0 Å². The van der Waals surface area contributed by atoms with Crippen LogP contribution in [0.15, 0.2) is 84.9 Å². The topological polar surface area (TPSA) is 32.3 Å². The molecule has 4 heteroatoms. The number of halogens is 1. The van der Waals surface area contributed by atoms with E-state index in [-0.39, 0.29) is 30.9 Å². The highest BCUT2D eigenvalue weighted by Gasteiger charge is 2.21. The number of carbonyl (C=O) groups is 1. The van der Waals surface area contributed by atoms with E-state index in [1.54, 1.807) is 18.2 Å². The van der Waals surface area contributed by atoms with E-state index in [1.165, 1.54) is 6.07 Å². The number of rotatable bonds is 7. The summed E-state index contributed by atoms with van der Waals surface area (Å²) in [5.41, 5.74) is 2.72. The molecule has 0 unspecified atom stereocenters. The second-order valence-electron chi connectivity index (χ2n) is 6.51. The first kappa shape index (κ1) is 18.8. The Hall–Kier alpha value is -2.98. The van der Waals surface area contributed by atoms with Gasteiger partial charge in [-0.1, -0.05) is 78.9 Å². The molecule has 0 saturated carbocycles. The lowest BCUT2D eigenvalue weighted by Crippen LogP contribution is -2.37. The molecule has 138 valence electrons.